The highest BCUT2D eigenvalue weighted by Crippen LogP contribution is 2.15. The lowest BCUT2D eigenvalue weighted by Gasteiger charge is -2.20. The summed E-state index contributed by atoms with van der Waals surface area (Å²) in [4.78, 5) is 24.7. The number of anilines is 1. The molecule has 96 valence electrons. The molecule has 1 rings (SSSR count). The first kappa shape index (κ1) is 14.5. The molecule has 0 atom stereocenters. The molecule has 0 bridgehead atoms. The van der Waals surface area contributed by atoms with Crippen LogP contribution in [0.15, 0.2) is 43.0 Å². The molecule has 1 aromatic carbocycles. The summed E-state index contributed by atoms with van der Waals surface area (Å²) in [5.74, 6) is 0.562. The van der Waals surface area contributed by atoms with Gasteiger partial charge in [-0.25, -0.2) is 0 Å². The Kier molecular flexibility index (Phi) is 6.22. The van der Waals surface area contributed by atoms with Crippen molar-refractivity contribution in [3.05, 3.63) is 43.0 Å². The van der Waals surface area contributed by atoms with Crippen LogP contribution < -0.4 is 4.90 Å². The van der Waals surface area contributed by atoms with E-state index in [1.54, 1.807) is 11.0 Å². The number of carbonyl (C=O) groups is 2. The van der Waals surface area contributed by atoms with Gasteiger partial charge >= 0.3 is 0 Å². The van der Waals surface area contributed by atoms with Crippen LogP contribution in [-0.2, 0) is 9.59 Å². The van der Waals surface area contributed by atoms with Gasteiger partial charge in [0.25, 0.3) is 0 Å². The third-order valence-corrected chi connectivity index (χ3v) is 3.28. The fourth-order valence-corrected chi connectivity index (χ4v) is 2.04. The lowest BCUT2D eigenvalue weighted by molar-refractivity contribution is -0.116. The highest BCUT2D eigenvalue weighted by atomic mass is 32.2. The van der Waals surface area contributed by atoms with Crippen LogP contribution in [0.5, 0.6) is 0 Å². The number of thioether (sulfide) groups is 1. The van der Waals surface area contributed by atoms with E-state index in [9.17, 15) is 9.59 Å². The molecule has 0 saturated heterocycles. The summed E-state index contributed by atoms with van der Waals surface area (Å²) in [5, 5.41) is 0.0806. The minimum atomic E-state index is -0.0530. The van der Waals surface area contributed by atoms with Gasteiger partial charge in [0.1, 0.15) is 0 Å². The molecule has 0 N–H and O–H groups in total. The third kappa shape index (κ3) is 4.75. The monoisotopic (exact) mass is 263 g/mol. The quantitative estimate of drug-likeness (QED) is 0.741. The molecule has 0 fully saturated rings. The Morgan fingerprint density at radius 2 is 2.00 bits per heavy atom. The van der Waals surface area contributed by atoms with Crippen LogP contribution in [0.3, 0.4) is 0 Å². The number of hydrogen-bond donors (Lipinski definition) is 0. The molecule has 1 aromatic rings. The second kappa shape index (κ2) is 7.71. The topological polar surface area (TPSA) is 37.4 Å². The van der Waals surface area contributed by atoms with Crippen molar-refractivity contribution in [3.8, 4) is 0 Å². The zero-order chi connectivity index (χ0) is 13.4. The normalized spacial score (nSPS) is 9.83. The van der Waals surface area contributed by atoms with Crippen LogP contribution in [0.1, 0.15) is 13.3 Å². The van der Waals surface area contributed by atoms with Crippen molar-refractivity contribution in [3.63, 3.8) is 0 Å². The number of nitrogens with zero attached hydrogens (tertiary/aromatic N) is 1. The molecular formula is C14H17NO2S. The molecular weight excluding hydrogens is 246 g/mol. The second-order valence-electron chi connectivity index (χ2n) is 3.73. The number of amides is 1. The van der Waals surface area contributed by atoms with E-state index in [1.165, 1.54) is 18.7 Å². The van der Waals surface area contributed by atoms with Crippen LogP contribution in [0.4, 0.5) is 5.69 Å². The van der Waals surface area contributed by atoms with Crippen molar-refractivity contribution in [1.29, 1.82) is 0 Å². The summed E-state index contributed by atoms with van der Waals surface area (Å²) >= 11 is 1.23. The number of carbonyl (C=O) groups excluding carboxylic acids is 2. The van der Waals surface area contributed by atoms with Crippen molar-refractivity contribution in [2.24, 2.45) is 0 Å². The first-order valence-electron chi connectivity index (χ1n) is 5.75. The van der Waals surface area contributed by atoms with E-state index in [0.29, 0.717) is 18.7 Å². The second-order valence-corrected chi connectivity index (χ2v) is 4.81. The van der Waals surface area contributed by atoms with Crippen molar-refractivity contribution >= 4 is 28.5 Å². The smallest absolute Gasteiger partial charge is 0.223 e. The molecule has 4 heteroatoms. The van der Waals surface area contributed by atoms with E-state index < -0.39 is 0 Å². The number of para-hydroxylation sites is 1. The van der Waals surface area contributed by atoms with Crippen molar-refractivity contribution in [2.45, 2.75) is 13.3 Å². The summed E-state index contributed by atoms with van der Waals surface area (Å²) in [6.45, 7) is 5.49. The van der Waals surface area contributed by atoms with Gasteiger partial charge < -0.3 is 4.90 Å². The first-order chi connectivity index (χ1) is 8.65. The molecule has 3 nitrogen and oxygen atoms in total. The molecule has 0 heterocycles. The van der Waals surface area contributed by atoms with E-state index >= 15 is 0 Å². The van der Waals surface area contributed by atoms with Gasteiger partial charge in [0, 0.05) is 31.3 Å². The van der Waals surface area contributed by atoms with E-state index in [1.807, 2.05) is 30.3 Å². The molecule has 0 aliphatic carbocycles. The van der Waals surface area contributed by atoms with Crippen molar-refractivity contribution in [2.75, 3.05) is 17.2 Å². The lowest BCUT2D eigenvalue weighted by Crippen LogP contribution is -2.30. The highest BCUT2D eigenvalue weighted by Gasteiger charge is 2.12. The Morgan fingerprint density at radius 3 is 2.56 bits per heavy atom. The van der Waals surface area contributed by atoms with Gasteiger partial charge in [0.2, 0.25) is 5.91 Å². The lowest BCUT2D eigenvalue weighted by atomic mass is 10.2. The van der Waals surface area contributed by atoms with Gasteiger partial charge in [0.15, 0.2) is 5.12 Å². The minimum Gasteiger partial charge on any atom is -0.312 e. The Morgan fingerprint density at radius 1 is 1.33 bits per heavy atom. The summed E-state index contributed by atoms with van der Waals surface area (Å²) in [7, 11) is 0. The van der Waals surface area contributed by atoms with Gasteiger partial charge in [-0.1, -0.05) is 36.0 Å². The maximum absolute atomic E-state index is 11.6. The molecule has 18 heavy (non-hydrogen) atoms. The molecule has 0 aliphatic heterocycles. The van der Waals surface area contributed by atoms with Crippen LogP contribution in [0, 0.1) is 0 Å². The summed E-state index contributed by atoms with van der Waals surface area (Å²) in [6.07, 6.45) is 2.05. The standard InChI is InChI=1S/C14H17NO2S/c1-3-11-18-14(17)9-10-15(12(2)16)13-7-5-4-6-8-13/h3-8H,1,9-11H2,2H3. The molecule has 0 aromatic heterocycles. The summed E-state index contributed by atoms with van der Waals surface area (Å²) in [5.41, 5.74) is 0.825. The fourth-order valence-electron chi connectivity index (χ4n) is 1.50. The SMILES string of the molecule is C=CCSC(=O)CCN(C(C)=O)c1ccccc1. The number of hydrogen-bond acceptors (Lipinski definition) is 3. The van der Waals surface area contributed by atoms with Crippen LogP contribution in [0.25, 0.3) is 0 Å². The fraction of sp³-hybridized carbons (Fsp3) is 0.286. The summed E-state index contributed by atoms with van der Waals surface area (Å²) in [6, 6.07) is 9.37. The van der Waals surface area contributed by atoms with E-state index in [-0.39, 0.29) is 11.0 Å². The highest BCUT2D eigenvalue weighted by molar-refractivity contribution is 8.13. The maximum atomic E-state index is 11.6. The van der Waals surface area contributed by atoms with Gasteiger partial charge in [-0.05, 0) is 12.1 Å². The molecule has 0 saturated carbocycles. The average molecular weight is 263 g/mol. The van der Waals surface area contributed by atoms with Gasteiger partial charge in [-0.15, -0.1) is 6.58 Å². The zero-order valence-corrected chi connectivity index (χ0v) is 11.3. The largest absolute Gasteiger partial charge is 0.312 e. The number of benzene rings is 1. The predicted octanol–water partition coefficient (Wildman–Crippen LogP) is 2.88. The van der Waals surface area contributed by atoms with Gasteiger partial charge in [-0.3, -0.25) is 9.59 Å². The predicted molar refractivity (Wildman–Crippen MR) is 76.7 cm³/mol. The van der Waals surface area contributed by atoms with E-state index in [0.717, 1.165) is 5.69 Å². The van der Waals surface area contributed by atoms with Crippen molar-refractivity contribution in [1.82, 2.24) is 0 Å². The van der Waals surface area contributed by atoms with Gasteiger partial charge in [0.05, 0.1) is 0 Å². The summed E-state index contributed by atoms with van der Waals surface area (Å²) < 4.78 is 0. The maximum Gasteiger partial charge on any atom is 0.223 e. The Bertz CT molecular complexity index is 417. The first-order valence-corrected chi connectivity index (χ1v) is 6.73. The zero-order valence-electron chi connectivity index (χ0n) is 10.5. The third-order valence-electron chi connectivity index (χ3n) is 2.35. The van der Waals surface area contributed by atoms with E-state index in [4.69, 9.17) is 0 Å². The molecule has 0 spiro atoms. The Hall–Kier alpha value is -1.55. The molecule has 0 radical (unpaired) electrons. The van der Waals surface area contributed by atoms with E-state index in [2.05, 4.69) is 6.58 Å². The number of rotatable bonds is 6. The molecule has 0 unspecified atom stereocenters. The Labute approximate surface area is 112 Å². The van der Waals surface area contributed by atoms with Crippen LogP contribution in [0.2, 0.25) is 0 Å². The average Bonchev–Trinajstić information content (AvgIpc) is 2.37. The minimum absolute atomic E-state index is 0.0530. The molecule has 1 amide bonds. The Balaban J connectivity index is 2.57. The van der Waals surface area contributed by atoms with Crippen LogP contribution >= 0.6 is 11.8 Å². The van der Waals surface area contributed by atoms with Gasteiger partial charge in [-0.2, -0.15) is 0 Å². The van der Waals surface area contributed by atoms with Crippen molar-refractivity contribution < 1.29 is 9.59 Å². The van der Waals surface area contributed by atoms with Crippen LogP contribution in [-0.4, -0.2) is 23.3 Å². The molecule has 0 aliphatic rings.